The van der Waals surface area contributed by atoms with E-state index in [1.165, 1.54) is 0 Å². The van der Waals surface area contributed by atoms with E-state index < -0.39 is 12.1 Å². The maximum Gasteiger partial charge on any atom is 0.338 e. The number of hydrogen-bond donors (Lipinski definition) is 1. The topological polar surface area (TPSA) is 72.0 Å². The molecule has 1 N–H and O–H groups in total. The molecule has 0 aliphatic heterocycles. The van der Waals surface area contributed by atoms with Crippen LogP contribution in [0.25, 0.3) is 10.9 Å². The molecule has 0 unspecified atom stereocenters. The van der Waals surface area contributed by atoms with Gasteiger partial charge in [-0.05, 0) is 49.6 Å². The number of nitrogens with zero attached hydrogens (tertiary/aromatic N) is 1. The van der Waals surface area contributed by atoms with Gasteiger partial charge in [-0.15, -0.1) is 11.8 Å². The van der Waals surface area contributed by atoms with Crippen LogP contribution in [0.1, 0.15) is 29.2 Å². The van der Waals surface area contributed by atoms with Crippen molar-refractivity contribution < 1.29 is 9.53 Å². The molecule has 1 atom stereocenters. The quantitative estimate of drug-likeness (QED) is 0.581. The SMILES string of the molecule is CSc1ccc(C(=O)O[C@@H](C)c2nc3ccccc3c(=O)[nH]2)cc1. The van der Waals surface area contributed by atoms with Crippen molar-refractivity contribution in [1.29, 1.82) is 0 Å². The van der Waals surface area contributed by atoms with Gasteiger partial charge in [-0.25, -0.2) is 9.78 Å². The first-order chi connectivity index (χ1) is 11.6. The molecular weight excluding hydrogens is 324 g/mol. The molecule has 0 aliphatic rings. The first kappa shape index (κ1) is 16.3. The van der Waals surface area contributed by atoms with Crippen LogP contribution in [0.3, 0.4) is 0 Å². The van der Waals surface area contributed by atoms with Gasteiger partial charge in [-0.1, -0.05) is 12.1 Å². The average molecular weight is 340 g/mol. The Hall–Kier alpha value is -2.60. The van der Waals surface area contributed by atoms with Crippen molar-refractivity contribution in [2.75, 3.05) is 6.26 Å². The highest BCUT2D eigenvalue weighted by Gasteiger charge is 2.16. The van der Waals surface area contributed by atoms with E-state index in [-0.39, 0.29) is 5.56 Å². The van der Waals surface area contributed by atoms with Crippen molar-refractivity contribution in [3.8, 4) is 0 Å². The number of aromatic nitrogens is 2. The second-order valence-corrected chi connectivity index (χ2v) is 6.12. The van der Waals surface area contributed by atoms with Gasteiger partial charge in [0, 0.05) is 4.90 Å². The van der Waals surface area contributed by atoms with Gasteiger partial charge in [0.1, 0.15) is 0 Å². The zero-order chi connectivity index (χ0) is 17.1. The van der Waals surface area contributed by atoms with Gasteiger partial charge in [0.2, 0.25) is 0 Å². The standard InChI is InChI=1S/C18H16N2O3S/c1-11(23-18(22)12-7-9-13(24-2)10-8-12)16-19-15-6-4-3-5-14(15)17(21)20-16/h3-11H,1-2H3,(H,19,20,21)/t11-/m0/s1. The Morgan fingerprint density at radius 2 is 1.88 bits per heavy atom. The highest BCUT2D eigenvalue weighted by molar-refractivity contribution is 7.98. The third-order valence-electron chi connectivity index (χ3n) is 3.63. The van der Waals surface area contributed by atoms with Crippen LogP contribution in [0.4, 0.5) is 0 Å². The molecule has 0 spiro atoms. The third-order valence-corrected chi connectivity index (χ3v) is 4.37. The van der Waals surface area contributed by atoms with E-state index in [4.69, 9.17) is 4.74 Å². The van der Waals surface area contributed by atoms with E-state index >= 15 is 0 Å². The summed E-state index contributed by atoms with van der Waals surface area (Å²) in [6, 6.07) is 14.2. The fourth-order valence-corrected chi connectivity index (χ4v) is 2.72. The van der Waals surface area contributed by atoms with E-state index in [0.29, 0.717) is 22.3 Å². The number of carbonyl (C=O) groups is 1. The van der Waals surface area contributed by atoms with Gasteiger partial charge in [-0.2, -0.15) is 0 Å². The molecule has 0 saturated carbocycles. The average Bonchev–Trinajstić information content (AvgIpc) is 2.61. The first-order valence-electron chi connectivity index (χ1n) is 7.42. The highest BCUT2D eigenvalue weighted by Crippen LogP contribution is 2.19. The Morgan fingerprint density at radius 1 is 1.17 bits per heavy atom. The number of hydrogen-bond acceptors (Lipinski definition) is 5. The van der Waals surface area contributed by atoms with Crippen LogP contribution in [0.15, 0.2) is 58.2 Å². The van der Waals surface area contributed by atoms with Crippen molar-refractivity contribution in [2.45, 2.75) is 17.9 Å². The van der Waals surface area contributed by atoms with E-state index in [9.17, 15) is 9.59 Å². The summed E-state index contributed by atoms with van der Waals surface area (Å²) in [5.74, 6) is -0.126. The summed E-state index contributed by atoms with van der Waals surface area (Å²) < 4.78 is 5.42. The van der Waals surface area contributed by atoms with Crippen LogP contribution >= 0.6 is 11.8 Å². The Labute approximate surface area is 143 Å². The Bertz CT molecular complexity index is 935. The van der Waals surface area contributed by atoms with Crippen LogP contribution in [-0.2, 0) is 4.74 Å². The van der Waals surface area contributed by atoms with Crippen LogP contribution < -0.4 is 5.56 Å². The van der Waals surface area contributed by atoms with E-state index in [0.717, 1.165) is 4.90 Å². The smallest absolute Gasteiger partial charge is 0.338 e. The third kappa shape index (κ3) is 3.33. The van der Waals surface area contributed by atoms with E-state index in [1.54, 1.807) is 49.0 Å². The number of fused-ring (bicyclic) bond motifs is 1. The predicted octanol–water partition coefficient (Wildman–Crippen LogP) is 3.56. The van der Waals surface area contributed by atoms with Crippen LogP contribution in [-0.4, -0.2) is 22.2 Å². The molecule has 0 saturated heterocycles. The van der Waals surface area contributed by atoms with Crippen molar-refractivity contribution >= 4 is 28.6 Å². The monoisotopic (exact) mass is 340 g/mol. The fourth-order valence-electron chi connectivity index (χ4n) is 2.31. The number of carbonyl (C=O) groups excluding carboxylic acids is 1. The molecule has 0 radical (unpaired) electrons. The number of ether oxygens (including phenoxy) is 1. The van der Waals surface area contributed by atoms with Gasteiger partial charge in [0.25, 0.3) is 5.56 Å². The summed E-state index contributed by atoms with van der Waals surface area (Å²) in [5, 5.41) is 0.507. The number of H-pyrrole nitrogens is 1. The fraction of sp³-hybridized carbons (Fsp3) is 0.167. The molecule has 3 rings (SSSR count). The second kappa shape index (κ2) is 6.88. The second-order valence-electron chi connectivity index (χ2n) is 5.24. The molecule has 0 bridgehead atoms. The van der Waals surface area contributed by atoms with Crippen LogP contribution in [0.5, 0.6) is 0 Å². The minimum Gasteiger partial charge on any atom is -0.451 e. The number of benzene rings is 2. The maximum absolute atomic E-state index is 12.2. The molecule has 24 heavy (non-hydrogen) atoms. The largest absolute Gasteiger partial charge is 0.451 e. The number of thioether (sulfide) groups is 1. The van der Waals surface area contributed by atoms with Gasteiger partial charge >= 0.3 is 5.97 Å². The number of para-hydroxylation sites is 1. The molecule has 6 heteroatoms. The summed E-state index contributed by atoms with van der Waals surface area (Å²) in [5.41, 5.74) is 0.786. The molecule has 5 nitrogen and oxygen atoms in total. The summed E-state index contributed by atoms with van der Waals surface area (Å²) in [4.78, 5) is 32.4. The minimum atomic E-state index is -0.657. The van der Waals surface area contributed by atoms with Crippen molar-refractivity contribution in [3.05, 3.63) is 70.3 Å². The lowest BCUT2D eigenvalue weighted by atomic mass is 10.2. The molecule has 0 aliphatic carbocycles. The number of rotatable bonds is 4. The molecule has 2 aromatic carbocycles. The molecule has 0 fully saturated rings. The summed E-state index contributed by atoms with van der Waals surface area (Å²) >= 11 is 1.60. The van der Waals surface area contributed by atoms with E-state index in [1.807, 2.05) is 24.5 Å². The summed E-state index contributed by atoms with van der Waals surface area (Å²) in [6.07, 6.45) is 1.31. The van der Waals surface area contributed by atoms with E-state index in [2.05, 4.69) is 9.97 Å². The Kier molecular flexibility index (Phi) is 4.66. The van der Waals surface area contributed by atoms with Gasteiger partial charge in [-0.3, -0.25) is 4.79 Å². The van der Waals surface area contributed by atoms with Crippen LogP contribution in [0, 0.1) is 0 Å². The van der Waals surface area contributed by atoms with Gasteiger partial charge in [0.15, 0.2) is 11.9 Å². The number of nitrogens with one attached hydrogen (secondary N) is 1. The van der Waals surface area contributed by atoms with Gasteiger partial charge < -0.3 is 9.72 Å². The first-order valence-corrected chi connectivity index (χ1v) is 8.65. The highest BCUT2D eigenvalue weighted by atomic mass is 32.2. The van der Waals surface area contributed by atoms with Crippen molar-refractivity contribution in [3.63, 3.8) is 0 Å². The maximum atomic E-state index is 12.2. The predicted molar refractivity (Wildman–Crippen MR) is 94.4 cm³/mol. The Balaban J connectivity index is 1.82. The lowest BCUT2D eigenvalue weighted by molar-refractivity contribution is 0.0320. The van der Waals surface area contributed by atoms with Gasteiger partial charge in [0.05, 0.1) is 16.5 Å². The summed E-state index contributed by atoms with van der Waals surface area (Å²) in [6.45, 7) is 1.68. The number of aromatic amines is 1. The zero-order valence-corrected chi connectivity index (χ0v) is 14.1. The molecule has 122 valence electrons. The van der Waals surface area contributed by atoms with Crippen LogP contribution in [0.2, 0.25) is 0 Å². The molecular formula is C18H16N2O3S. The molecule has 1 heterocycles. The normalized spacial score (nSPS) is 12.1. The lowest BCUT2D eigenvalue weighted by Gasteiger charge is -2.13. The number of esters is 1. The Morgan fingerprint density at radius 3 is 2.58 bits per heavy atom. The molecule has 1 aromatic heterocycles. The summed E-state index contributed by atoms with van der Waals surface area (Å²) in [7, 11) is 0. The van der Waals surface area contributed by atoms with Crippen molar-refractivity contribution in [2.24, 2.45) is 0 Å². The molecule has 0 amide bonds. The van der Waals surface area contributed by atoms with Crippen molar-refractivity contribution in [1.82, 2.24) is 9.97 Å². The molecule has 3 aromatic rings. The lowest BCUT2D eigenvalue weighted by Crippen LogP contribution is -2.17. The minimum absolute atomic E-state index is 0.247. The zero-order valence-electron chi connectivity index (χ0n) is 13.3.